The van der Waals surface area contributed by atoms with Gasteiger partial charge in [-0.2, -0.15) is 0 Å². The Kier molecular flexibility index (Phi) is 5.76. The zero-order valence-electron chi connectivity index (χ0n) is 13.4. The van der Waals surface area contributed by atoms with Crippen LogP contribution in [0.1, 0.15) is 39.5 Å². The summed E-state index contributed by atoms with van der Waals surface area (Å²) in [4.78, 5) is 38.4. The molecule has 0 aliphatic carbocycles. The van der Waals surface area contributed by atoms with Crippen LogP contribution in [-0.4, -0.2) is 55.2 Å². The Morgan fingerprint density at radius 3 is 2.86 bits per heavy atom. The summed E-state index contributed by atoms with van der Waals surface area (Å²) in [6, 6.07) is -0.697. The van der Waals surface area contributed by atoms with Gasteiger partial charge in [-0.05, 0) is 26.2 Å². The van der Waals surface area contributed by atoms with Gasteiger partial charge in [0.2, 0.25) is 0 Å². The summed E-state index contributed by atoms with van der Waals surface area (Å²) >= 11 is 0. The van der Waals surface area contributed by atoms with Crippen LogP contribution in [0.5, 0.6) is 0 Å². The van der Waals surface area contributed by atoms with Crippen molar-refractivity contribution in [2.75, 3.05) is 26.4 Å². The van der Waals surface area contributed by atoms with Crippen LogP contribution in [-0.2, 0) is 14.3 Å². The van der Waals surface area contributed by atoms with E-state index >= 15 is 0 Å². The Bertz CT molecular complexity index is 441. The van der Waals surface area contributed by atoms with Gasteiger partial charge in [-0.15, -0.1) is 0 Å². The van der Waals surface area contributed by atoms with Crippen molar-refractivity contribution in [3.8, 4) is 0 Å². The molecule has 0 aromatic carbocycles. The summed E-state index contributed by atoms with van der Waals surface area (Å²) < 4.78 is 5.08. The van der Waals surface area contributed by atoms with Crippen molar-refractivity contribution < 1.29 is 24.0 Å². The van der Waals surface area contributed by atoms with Crippen LogP contribution in [0.15, 0.2) is 0 Å². The second-order valence-electron chi connectivity index (χ2n) is 6.01. The van der Waals surface area contributed by atoms with E-state index in [1.165, 1.54) is 4.90 Å². The summed E-state index contributed by atoms with van der Waals surface area (Å²) in [7, 11) is 0. The zero-order valence-corrected chi connectivity index (χ0v) is 13.4. The highest BCUT2D eigenvalue weighted by Gasteiger charge is 2.40. The number of amides is 3. The molecule has 2 aliphatic rings. The lowest BCUT2D eigenvalue weighted by Gasteiger charge is -2.30. The van der Waals surface area contributed by atoms with Crippen LogP contribution < -0.4 is 10.2 Å². The van der Waals surface area contributed by atoms with E-state index in [1.54, 1.807) is 6.92 Å². The molecule has 0 aromatic rings. The molecule has 1 unspecified atom stereocenters. The van der Waals surface area contributed by atoms with E-state index in [4.69, 9.17) is 4.74 Å². The summed E-state index contributed by atoms with van der Waals surface area (Å²) in [5.41, 5.74) is 0. The Labute approximate surface area is 131 Å². The lowest BCUT2D eigenvalue weighted by molar-refractivity contribution is -0.914. The molecule has 124 valence electrons. The van der Waals surface area contributed by atoms with Gasteiger partial charge in [0.1, 0.15) is 12.0 Å². The van der Waals surface area contributed by atoms with Gasteiger partial charge >= 0.3 is 12.0 Å². The molecule has 22 heavy (non-hydrogen) atoms. The summed E-state index contributed by atoms with van der Waals surface area (Å²) in [5, 5.41) is 2.73. The van der Waals surface area contributed by atoms with Crippen LogP contribution in [0.4, 0.5) is 4.79 Å². The number of likely N-dealkylation sites (tertiary alicyclic amines) is 1. The van der Waals surface area contributed by atoms with Crippen molar-refractivity contribution in [1.82, 2.24) is 10.2 Å². The number of nitrogens with zero attached hydrogens (tertiary/aromatic N) is 1. The molecule has 0 spiro atoms. The monoisotopic (exact) mass is 312 g/mol. The smallest absolute Gasteiger partial charge is 0.329 e. The Hall–Kier alpha value is -1.63. The number of hydrogen-bond acceptors (Lipinski definition) is 4. The standard InChI is InChI=1S/C15H25N3O4/c1-3-6-12-13(19)18(15(21)16-12)10-17-8-5-7-11(9-17)14(20)22-4-2/h11-12H,3-10H2,1-2H3,(H,16,21)/p+1/t11-,12-/m0/s1. The SMILES string of the molecule is CCC[C@@H]1NC(=O)N(C[NH+]2CCC[C@H](C(=O)OCC)C2)C1=O. The van der Waals surface area contributed by atoms with E-state index in [2.05, 4.69) is 5.32 Å². The van der Waals surface area contributed by atoms with Gasteiger partial charge < -0.3 is 15.0 Å². The maximum absolute atomic E-state index is 12.2. The van der Waals surface area contributed by atoms with Gasteiger partial charge in [0.15, 0.2) is 6.67 Å². The van der Waals surface area contributed by atoms with E-state index in [-0.39, 0.29) is 29.9 Å². The van der Waals surface area contributed by atoms with Crippen molar-refractivity contribution >= 4 is 17.9 Å². The molecule has 0 bridgehead atoms. The number of carbonyl (C=O) groups excluding carboxylic acids is 3. The van der Waals surface area contributed by atoms with Gasteiger partial charge in [0, 0.05) is 0 Å². The lowest BCUT2D eigenvalue weighted by Crippen LogP contribution is -3.15. The topological polar surface area (TPSA) is 80.2 Å². The number of imide groups is 1. The zero-order chi connectivity index (χ0) is 16.1. The molecular weight excluding hydrogens is 286 g/mol. The number of carbonyl (C=O) groups is 3. The van der Waals surface area contributed by atoms with Crippen LogP contribution in [0.3, 0.4) is 0 Å². The van der Waals surface area contributed by atoms with Gasteiger partial charge in [-0.1, -0.05) is 13.3 Å². The van der Waals surface area contributed by atoms with Crippen molar-refractivity contribution in [2.45, 2.75) is 45.6 Å². The van der Waals surface area contributed by atoms with E-state index in [0.717, 1.165) is 30.7 Å². The normalized spacial score (nSPS) is 28.6. The number of urea groups is 1. The molecule has 0 saturated carbocycles. The van der Waals surface area contributed by atoms with Crippen LogP contribution in [0.2, 0.25) is 0 Å². The van der Waals surface area contributed by atoms with Crippen molar-refractivity contribution in [2.24, 2.45) is 5.92 Å². The maximum atomic E-state index is 12.2. The number of ether oxygens (including phenoxy) is 1. The Morgan fingerprint density at radius 1 is 1.41 bits per heavy atom. The first kappa shape index (κ1) is 16.7. The third-order valence-corrected chi connectivity index (χ3v) is 4.30. The summed E-state index contributed by atoms with van der Waals surface area (Å²) in [6.45, 7) is 5.99. The fraction of sp³-hybridized carbons (Fsp3) is 0.800. The predicted octanol–water partition coefficient (Wildman–Crippen LogP) is -0.478. The van der Waals surface area contributed by atoms with Crippen LogP contribution >= 0.6 is 0 Å². The molecule has 2 saturated heterocycles. The van der Waals surface area contributed by atoms with E-state index in [0.29, 0.717) is 26.2 Å². The average Bonchev–Trinajstić information content (AvgIpc) is 2.76. The van der Waals surface area contributed by atoms with Crippen molar-refractivity contribution in [3.63, 3.8) is 0 Å². The fourth-order valence-electron chi connectivity index (χ4n) is 3.19. The molecule has 0 aromatic heterocycles. The number of nitrogens with one attached hydrogen (secondary N) is 2. The highest BCUT2D eigenvalue weighted by Crippen LogP contribution is 2.12. The van der Waals surface area contributed by atoms with Crippen molar-refractivity contribution in [1.29, 1.82) is 0 Å². The van der Waals surface area contributed by atoms with Gasteiger partial charge in [0.25, 0.3) is 5.91 Å². The minimum atomic E-state index is -0.387. The molecule has 7 nitrogen and oxygen atoms in total. The minimum absolute atomic E-state index is 0.129. The molecule has 2 aliphatic heterocycles. The largest absolute Gasteiger partial charge is 0.466 e. The van der Waals surface area contributed by atoms with Crippen LogP contribution in [0, 0.1) is 5.92 Å². The molecule has 3 amide bonds. The average molecular weight is 312 g/mol. The second kappa shape index (κ2) is 7.58. The van der Waals surface area contributed by atoms with Gasteiger partial charge in [0.05, 0.1) is 19.7 Å². The third kappa shape index (κ3) is 3.76. The first-order valence-electron chi connectivity index (χ1n) is 8.18. The quantitative estimate of drug-likeness (QED) is 0.513. The van der Waals surface area contributed by atoms with E-state index < -0.39 is 0 Å². The third-order valence-electron chi connectivity index (χ3n) is 4.30. The predicted molar refractivity (Wildman–Crippen MR) is 79.0 cm³/mol. The number of hydrogen-bond donors (Lipinski definition) is 2. The molecule has 3 atom stereocenters. The van der Waals surface area contributed by atoms with Gasteiger partial charge in [-0.3, -0.25) is 9.59 Å². The van der Waals surface area contributed by atoms with E-state index in [9.17, 15) is 14.4 Å². The van der Waals surface area contributed by atoms with E-state index in [1.807, 2.05) is 6.92 Å². The highest BCUT2D eigenvalue weighted by molar-refractivity contribution is 6.03. The Balaban J connectivity index is 1.91. The fourth-order valence-corrected chi connectivity index (χ4v) is 3.19. The summed E-state index contributed by atoms with van der Waals surface area (Å²) in [6.07, 6.45) is 3.25. The minimum Gasteiger partial charge on any atom is -0.466 e. The first-order chi connectivity index (χ1) is 10.6. The summed E-state index contributed by atoms with van der Waals surface area (Å²) in [5.74, 6) is -0.436. The Morgan fingerprint density at radius 2 is 2.18 bits per heavy atom. The number of esters is 1. The number of piperidine rings is 1. The maximum Gasteiger partial charge on any atom is 0.329 e. The molecule has 2 heterocycles. The highest BCUT2D eigenvalue weighted by atomic mass is 16.5. The number of quaternary nitrogens is 1. The van der Waals surface area contributed by atoms with Gasteiger partial charge in [-0.25, -0.2) is 9.69 Å². The molecule has 2 rings (SSSR count). The molecule has 2 fully saturated rings. The van der Waals surface area contributed by atoms with Crippen LogP contribution in [0.25, 0.3) is 0 Å². The molecule has 0 radical (unpaired) electrons. The number of rotatable bonds is 6. The second-order valence-corrected chi connectivity index (χ2v) is 6.01. The van der Waals surface area contributed by atoms with Crippen molar-refractivity contribution in [3.05, 3.63) is 0 Å². The lowest BCUT2D eigenvalue weighted by atomic mass is 9.98. The molecule has 2 N–H and O–H groups in total. The first-order valence-corrected chi connectivity index (χ1v) is 8.18. The molecular formula is C15H26N3O4+. The molecule has 7 heteroatoms.